The lowest BCUT2D eigenvalue weighted by Gasteiger charge is -2.02. The third kappa shape index (κ3) is 2.24. The summed E-state index contributed by atoms with van der Waals surface area (Å²) in [5.74, 6) is 0.433. The van der Waals surface area contributed by atoms with Gasteiger partial charge in [-0.2, -0.15) is 0 Å². The molecule has 1 nitrogen and oxygen atoms in total. The largest absolute Gasteiger partial charge is 0.241 e. The van der Waals surface area contributed by atoms with E-state index in [0.29, 0.717) is 16.0 Å². The molecule has 0 bridgehead atoms. The lowest BCUT2D eigenvalue weighted by atomic mass is 10.1. The second-order valence-corrected chi connectivity index (χ2v) is 5.48. The predicted octanol–water partition coefficient (Wildman–Crippen LogP) is 5.24. The smallest absolute Gasteiger partial charge is 0.125 e. The Labute approximate surface area is 109 Å². The van der Waals surface area contributed by atoms with E-state index in [1.165, 1.54) is 0 Å². The van der Waals surface area contributed by atoms with Gasteiger partial charge >= 0.3 is 0 Å². The van der Waals surface area contributed by atoms with Gasteiger partial charge in [0.2, 0.25) is 0 Å². The van der Waals surface area contributed by atoms with Gasteiger partial charge in [-0.3, -0.25) is 0 Å². The van der Waals surface area contributed by atoms with E-state index in [2.05, 4.69) is 24.2 Å². The zero-order valence-electron chi connectivity index (χ0n) is 9.00. The molecule has 16 heavy (non-hydrogen) atoms. The summed E-state index contributed by atoms with van der Waals surface area (Å²) >= 11 is 13.7. The fourth-order valence-corrected chi connectivity index (χ4v) is 2.80. The maximum absolute atomic E-state index is 6.15. The molecule has 2 rings (SSSR count). The highest BCUT2D eigenvalue weighted by Gasteiger charge is 2.11. The normalized spacial score (nSPS) is 11.1. The Morgan fingerprint density at radius 3 is 2.62 bits per heavy atom. The molecule has 2 aromatic rings. The van der Waals surface area contributed by atoms with Gasteiger partial charge in [0.15, 0.2) is 0 Å². The molecule has 0 saturated carbocycles. The Morgan fingerprint density at radius 2 is 2.00 bits per heavy atom. The van der Waals surface area contributed by atoms with Crippen LogP contribution in [-0.4, -0.2) is 4.98 Å². The van der Waals surface area contributed by atoms with E-state index >= 15 is 0 Å². The van der Waals surface area contributed by atoms with Crippen LogP contribution in [0.1, 0.15) is 25.5 Å². The summed E-state index contributed by atoms with van der Waals surface area (Å²) in [4.78, 5) is 4.56. The number of rotatable bonds is 2. The van der Waals surface area contributed by atoms with Crippen molar-refractivity contribution in [1.29, 1.82) is 0 Å². The molecule has 0 aliphatic carbocycles. The van der Waals surface area contributed by atoms with Crippen LogP contribution in [0.25, 0.3) is 10.6 Å². The third-order valence-electron chi connectivity index (χ3n) is 2.30. The van der Waals surface area contributed by atoms with Crippen molar-refractivity contribution in [3.05, 3.63) is 39.3 Å². The van der Waals surface area contributed by atoms with E-state index in [0.717, 1.165) is 16.3 Å². The van der Waals surface area contributed by atoms with Crippen molar-refractivity contribution >= 4 is 34.5 Å². The first-order valence-electron chi connectivity index (χ1n) is 4.99. The van der Waals surface area contributed by atoms with Crippen molar-refractivity contribution in [2.45, 2.75) is 19.8 Å². The summed E-state index contributed by atoms with van der Waals surface area (Å²) in [6.07, 6.45) is 0. The van der Waals surface area contributed by atoms with Crippen LogP contribution in [0.4, 0.5) is 0 Å². The van der Waals surface area contributed by atoms with Gasteiger partial charge in [-0.1, -0.05) is 49.2 Å². The number of aromatic nitrogens is 1. The zero-order valence-corrected chi connectivity index (χ0v) is 11.3. The summed E-state index contributed by atoms with van der Waals surface area (Å²) in [6.45, 7) is 4.25. The van der Waals surface area contributed by atoms with E-state index in [1.807, 2.05) is 12.1 Å². The first-order chi connectivity index (χ1) is 7.59. The van der Waals surface area contributed by atoms with E-state index in [4.69, 9.17) is 23.2 Å². The Kier molecular flexibility index (Phi) is 3.53. The third-order valence-corrected chi connectivity index (χ3v) is 4.01. The highest BCUT2D eigenvalue weighted by Crippen LogP contribution is 2.35. The Balaban J connectivity index is 2.47. The molecule has 1 aromatic heterocycles. The summed E-state index contributed by atoms with van der Waals surface area (Å²) in [5.41, 5.74) is 2.00. The molecule has 0 fully saturated rings. The Hall–Kier alpha value is -0.570. The Bertz CT molecular complexity index is 505. The van der Waals surface area contributed by atoms with Crippen molar-refractivity contribution in [2.75, 3.05) is 0 Å². The number of hydrogen-bond acceptors (Lipinski definition) is 2. The van der Waals surface area contributed by atoms with Gasteiger partial charge < -0.3 is 0 Å². The van der Waals surface area contributed by atoms with Crippen LogP contribution in [-0.2, 0) is 0 Å². The summed E-state index contributed by atoms with van der Waals surface area (Å²) in [6, 6.07) is 5.61. The van der Waals surface area contributed by atoms with Gasteiger partial charge in [-0.25, -0.2) is 4.98 Å². The minimum Gasteiger partial charge on any atom is -0.241 e. The molecule has 0 radical (unpaired) electrons. The average molecular weight is 272 g/mol. The monoisotopic (exact) mass is 271 g/mol. The molecule has 0 aliphatic rings. The highest BCUT2D eigenvalue weighted by molar-refractivity contribution is 7.13. The fourth-order valence-electron chi connectivity index (χ4n) is 1.34. The van der Waals surface area contributed by atoms with Crippen LogP contribution in [0, 0.1) is 0 Å². The van der Waals surface area contributed by atoms with Crippen molar-refractivity contribution in [2.24, 2.45) is 0 Å². The molecule has 1 heterocycles. The minimum absolute atomic E-state index is 0.433. The molecule has 0 atom stereocenters. The molecular weight excluding hydrogens is 261 g/mol. The quantitative estimate of drug-likeness (QED) is 0.728. The SMILES string of the molecule is CC(C)c1csc(-c2cccc(Cl)c2Cl)n1. The minimum atomic E-state index is 0.433. The molecule has 0 aliphatic heterocycles. The van der Waals surface area contributed by atoms with Crippen molar-refractivity contribution in [1.82, 2.24) is 4.98 Å². The second kappa shape index (κ2) is 4.74. The van der Waals surface area contributed by atoms with Gasteiger partial charge in [0.1, 0.15) is 5.01 Å². The predicted molar refractivity (Wildman–Crippen MR) is 71.7 cm³/mol. The first-order valence-corrected chi connectivity index (χ1v) is 6.63. The summed E-state index contributed by atoms with van der Waals surface area (Å²) < 4.78 is 0. The molecule has 0 N–H and O–H groups in total. The number of benzene rings is 1. The molecular formula is C12H11Cl2NS. The van der Waals surface area contributed by atoms with Crippen LogP contribution in [0.3, 0.4) is 0 Å². The van der Waals surface area contributed by atoms with Crippen molar-refractivity contribution < 1.29 is 0 Å². The van der Waals surface area contributed by atoms with Crippen molar-refractivity contribution in [3.8, 4) is 10.6 Å². The van der Waals surface area contributed by atoms with Crippen LogP contribution >= 0.6 is 34.5 Å². The Morgan fingerprint density at radius 1 is 1.25 bits per heavy atom. The van der Waals surface area contributed by atoms with E-state index < -0.39 is 0 Å². The topological polar surface area (TPSA) is 12.9 Å². The molecule has 0 unspecified atom stereocenters. The van der Waals surface area contributed by atoms with E-state index in [1.54, 1.807) is 17.4 Å². The number of thiazole rings is 1. The van der Waals surface area contributed by atoms with Gasteiger partial charge in [0, 0.05) is 10.9 Å². The molecule has 0 spiro atoms. The van der Waals surface area contributed by atoms with Crippen LogP contribution < -0.4 is 0 Å². The van der Waals surface area contributed by atoms with Crippen LogP contribution in [0.2, 0.25) is 10.0 Å². The van der Waals surface area contributed by atoms with Gasteiger partial charge in [-0.05, 0) is 12.0 Å². The standard InChI is InChI=1S/C12H11Cl2NS/c1-7(2)10-6-16-12(15-10)8-4-3-5-9(13)11(8)14/h3-7H,1-2H3. The first kappa shape index (κ1) is 11.9. The fraction of sp³-hybridized carbons (Fsp3) is 0.250. The second-order valence-electron chi connectivity index (χ2n) is 3.83. The number of nitrogens with zero attached hydrogens (tertiary/aromatic N) is 1. The van der Waals surface area contributed by atoms with E-state index in [9.17, 15) is 0 Å². The van der Waals surface area contributed by atoms with Crippen LogP contribution in [0.15, 0.2) is 23.6 Å². The molecule has 4 heteroatoms. The molecule has 84 valence electrons. The average Bonchev–Trinajstić information content (AvgIpc) is 2.71. The summed E-state index contributed by atoms with van der Waals surface area (Å²) in [5, 5.41) is 4.14. The molecule has 0 amide bonds. The van der Waals surface area contributed by atoms with Crippen LogP contribution in [0.5, 0.6) is 0 Å². The zero-order chi connectivity index (χ0) is 11.7. The highest BCUT2D eigenvalue weighted by atomic mass is 35.5. The number of hydrogen-bond donors (Lipinski definition) is 0. The van der Waals surface area contributed by atoms with Gasteiger partial charge in [-0.15, -0.1) is 11.3 Å². The lowest BCUT2D eigenvalue weighted by molar-refractivity contribution is 0.834. The van der Waals surface area contributed by atoms with Gasteiger partial charge in [0.05, 0.1) is 15.7 Å². The molecule has 1 aromatic carbocycles. The van der Waals surface area contributed by atoms with Gasteiger partial charge in [0.25, 0.3) is 0 Å². The van der Waals surface area contributed by atoms with Crippen molar-refractivity contribution in [3.63, 3.8) is 0 Å². The lowest BCUT2D eigenvalue weighted by Crippen LogP contribution is -1.87. The molecule has 0 saturated heterocycles. The summed E-state index contributed by atoms with van der Waals surface area (Å²) in [7, 11) is 0. The maximum Gasteiger partial charge on any atom is 0.125 e. The maximum atomic E-state index is 6.15. The number of halogens is 2. The van der Waals surface area contributed by atoms with E-state index in [-0.39, 0.29) is 0 Å².